The summed E-state index contributed by atoms with van der Waals surface area (Å²) in [7, 11) is 2.95. The molecular weight excluding hydrogens is 529 g/mol. The lowest BCUT2D eigenvalue weighted by Gasteiger charge is -2.21. The first kappa shape index (κ1) is 28.0. The van der Waals surface area contributed by atoms with E-state index in [0.717, 1.165) is 17.3 Å². The Morgan fingerprint density at radius 3 is 2.59 bits per heavy atom. The zero-order valence-electron chi connectivity index (χ0n) is 21.4. The molecule has 2 heterocycles. The summed E-state index contributed by atoms with van der Waals surface area (Å²) in [5.74, 6) is -1.74. The van der Waals surface area contributed by atoms with Crippen LogP contribution in [-0.2, 0) is 20.8 Å². The Labute approximate surface area is 228 Å². The molecule has 2 aromatic carbocycles. The molecule has 1 unspecified atom stereocenters. The number of hydrogen-bond acceptors (Lipinski definition) is 7. The average Bonchev–Trinajstić information content (AvgIpc) is 3.44. The molecule has 0 saturated heterocycles. The predicted octanol–water partition coefficient (Wildman–Crippen LogP) is 3.93. The van der Waals surface area contributed by atoms with Crippen LogP contribution in [0.25, 0.3) is 11.1 Å². The van der Waals surface area contributed by atoms with Gasteiger partial charge in [-0.25, -0.2) is 4.39 Å². The first-order valence-electron chi connectivity index (χ1n) is 12.1. The van der Waals surface area contributed by atoms with Crippen LogP contribution in [0.3, 0.4) is 0 Å². The van der Waals surface area contributed by atoms with E-state index in [-0.39, 0.29) is 30.8 Å². The summed E-state index contributed by atoms with van der Waals surface area (Å²) >= 11 is 6.30. The molecule has 11 heteroatoms. The molecule has 1 amide bonds. The Morgan fingerprint density at radius 2 is 1.95 bits per heavy atom. The standard InChI is InChI=1S/C28H27ClFN3O6/c1-37-9-8-24(25(34)12-16-3-5-19(28(31)36)22(30)11-16)33-15-26(38-2)21(14-27(33)35)20-13-17(29)4-6-18(20)23-7-10-39-32-23/h3-6,11,13-15,24H,7-10,12H2,1-2H3,(H2,31,36). The number of carbonyl (C=O) groups is 2. The number of primary amides is 1. The van der Waals surface area contributed by atoms with Gasteiger partial charge in [-0.05, 0) is 41.8 Å². The van der Waals surface area contributed by atoms with E-state index in [2.05, 4.69) is 5.16 Å². The summed E-state index contributed by atoms with van der Waals surface area (Å²) in [4.78, 5) is 43.4. The summed E-state index contributed by atoms with van der Waals surface area (Å²) in [6, 6.07) is 9.50. The van der Waals surface area contributed by atoms with Crippen molar-refractivity contribution in [3.05, 3.63) is 86.5 Å². The maximum atomic E-state index is 14.3. The first-order valence-corrected chi connectivity index (χ1v) is 12.5. The summed E-state index contributed by atoms with van der Waals surface area (Å²) in [5.41, 5.74) is 7.37. The van der Waals surface area contributed by atoms with Gasteiger partial charge in [0, 0.05) is 48.8 Å². The molecule has 1 atom stereocenters. The van der Waals surface area contributed by atoms with E-state index < -0.39 is 23.3 Å². The fourth-order valence-electron chi connectivity index (χ4n) is 4.50. The first-order chi connectivity index (χ1) is 18.7. The predicted molar refractivity (Wildman–Crippen MR) is 144 cm³/mol. The number of amides is 1. The third-order valence-corrected chi connectivity index (χ3v) is 6.67. The summed E-state index contributed by atoms with van der Waals surface area (Å²) in [6.07, 6.45) is 2.09. The van der Waals surface area contributed by atoms with Crippen molar-refractivity contribution < 1.29 is 28.3 Å². The molecule has 0 saturated carbocycles. The van der Waals surface area contributed by atoms with Crippen molar-refractivity contribution in [3.63, 3.8) is 0 Å². The number of halogens is 2. The minimum absolute atomic E-state index is 0.181. The average molecular weight is 556 g/mol. The van der Waals surface area contributed by atoms with E-state index in [1.165, 1.54) is 43.2 Å². The van der Waals surface area contributed by atoms with Gasteiger partial charge < -0.3 is 24.6 Å². The van der Waals surface area contributed by atoms with Crippen LogP contribution in [0.4, 0.5) is 4.39 Å². The monoisotopic (exact) mass is 555 g/mol. The third-order valence-electron chi connectivity index (χ3n) is 6.43. The van der Waals surface area contributed by atoms with Crippen molar-refractivity contribution in [1.29, 1.82) is 0 Å². The molecular formula is C28H27ClFN3O6. The van der Waals surface area contributed by atoms with E-state index in [1.807, 2.05) is 6.07 Å². The highest BCUT2D eigenvalue weighted by molar-refractivity contribution is 6.31. The molecule has 0 radical (unpaired) electrons. The molecule has 3 aromatic rings. The Hall–Kier alpha value is -4.02. The van der Waals surface area contributed by atoms with Crippen LogP contribution in [0.5, 0.6) is 5.75 Å². The van der Waals surface area contributed by atoms with Crippen molar-refractivity contribution >= 4 is 29.0 Å². The zero-order chi connectivity index (χ0) is 28.1. The topological polar surface area (TPSA) is 122 Å². The second-order valence-electron chi connectivity index (χ2n) is 8.93. The van der Waals surface area contributed by atoms with Gasteiger partial charge in [0.1, 0.15) is 18.2 Å². The number of nitrogens with zero attached hydrogens (tertiary/aromatic N) is 2. The van der Waals surface area contributed by atoms with Crippen molar-refractivity contribution in [1.82, 2.24) is 4.57 Å². The summed E-state index contributed by atoms with van der Waals surface area (Å²) in [5, 5.41) is 4.56. The summed E-state index contributed by atoms with van der Waals surface area (Å²) in [6.45, 7) is 0.648. The van der Waals surface area contributed by atoms with Gasteiger partial charge in [-0.2, -0.15) is 0 Å². The van der Waals surface area contributed by atoms with Crippen molar-refractivity contribution in [3.8, 4) is 16.9 Å². The highest BCUT2D eigenvalue weighted by atomic mass is 35.5. The van der Waals surface area contributed by atoms with Crippen LogP contribution >= 0.6 is 11.6 Å². The van der Waals surface area contributed by atoms with Crippen LogP contribution in [0.15, 0.2) is 58.6 Å². The molecule has 1 aliphatic heterocycles. The second-order valence-corrected chi connectivity index (χ2v) is 9.37. The summed E-state index contributed by atoms with van der Waals surface area (Å²) < 4.78 is 26.4. The molecule has 0 bridgehead atoms. The zero-order valence-corrected chi connectivity index (χ0v) is 22.2. The number of pyridine rings is 1. The molecule has 2 N–H and O–H groups in total. The molecule has 39 heavy (non-hydrogen) atoms. The van der Waals surface area contributed by atoms with Crippen molar-refractivity contribution in [2.24, 2.45) is 10.9 Å². The van der Waals surface area contributed by atoms with Gasteiger partial charge >= 0.3 is 0 Å². The molecule has 0 aliphatic carbocycles. The van der Waals surface area contributed by atoms with Gasteiger partial charge in [0.15, 0.2) is 5.78 Å². The number of benzene rings is 2. The Morgan fingerprint density at radius 1 is 1.15 bits per heavy atom. The highest BCUT2D eigenvalue weighted by Crippen LogP contribution is 2.35. The van der Waals surface area contributed by atoms with E-state index in [4.69, 9.17) is 31.6 Å². The molecule has 1 aromatic heterocycles. The van der Waals surface area contributed by atoms with Crippen LogP contribution in [-0.4, -0.2) is 49.4 Å². The fraction of sp³-hybridized carbons (Fsp3) is 0.286. The van der Waals surface area contributed by atoms with Gasteiger partial charge in [-0.15, -0.1) is 0 Å². The molecule has 4 rings (SSSR count). The Kier molecular flexibility index (Phi) is 8.78. The van der Waals surface area contributed by atoms with Gasteiger partial charge in [-0.3, -0.25) is 14.4 Å². The number of nitrogens with two attached hydrogens (primary N) is 1. The van der Waals surface area contributed by atoms with E-state index in [9.17, 15) is 18.8 Å². The number of oxime groups is 1. The molecule has 0 spiro atoms. The minimum atomic E-state index is -0.925. The van der Waals surface area contributed by atoms with Crippen molar-refractivity contribution in [2.45, 2.75) is 25.3 Å². The largest absolute Gasteiger partial charge is 0.495 e. The van der Waals surface area contributed by atoms with Crippen LogP contribution in [0.1, 0.15) is 40.4 Å². The smallest absolute Gasteiger partial charge is 0.252 e. The number of Topliss-reactive ketones (excluding diaryl/α,β-unsaturated/α-hetero) is 1. The normalized spacial score (nSPS) is 13.5. The number of ketones is 1. The number of ether oxygens (including phenoxy) is 2. The van der Waals surface area contributed by atoms with Gasteiger partial charge in [-0.1, -0.05) is 28.9 Å². The number of aromatic nitrogens is 1. The fourth-order valence-corrected chi connectivity index (χ4v) is 4.68. The Bertz CT molecular complexity index is 1500. The lowest BCUT2D eigenvalue weighted by molar-refractivity contribution is -0.122. The van der Waals surface area contributed by atoms with Crippen molar-refractivity contribution in [2.75, 3.05) is 27.4 Å². The molecule has 0 fully saturated rings. The molecule has 204 valence electrons. The number of methoxy groups -OCH3 is 2. The van der Waals surface area contributed by atoms with Gasteiger partial charge in [0.2, 0.25) is 0 Å². The van der Waals surface area contributed by atoms with Crippen LogP contribution in [0, 0.1) is 5.82 Å². The maximum absolute atomic E-state index is 14.3. The number of carbonyl (C=O) groups excluding carboxylic acids is 2. The van der Waals surface area contributed by atoms with Crippen LogP contribution < -0.4 is 16.0 Å². The van der Waals surface area contributed by atoms with E-state index in [1.54, 1.807) is 12.1 Å². The lowest BCUT2D eigenvalue weighted by atomic mass is 9.95. The molecule has 9 nitrogen and oxygen atoms in total. The highest BCUT2D eigenvalue weighted by Gasteiger charge is 2.25. The Balaban J connectivity index is 1.74. The maximum Gasteiger partial charge on any atom is 0.252 e. The SMILES string of the molecule is COCCC(C(=O)Cc1ccc(C(N)=O)c(F)c1)n1cc(OC)c(-c2cc(Cl)ccc2C2=NOCC2)cc1=O. The second kappa shape index (κ2) is 12.2. The van der Waals surface area contributed by atoms with Gasteiger partial charge in [0.25, 0.3) is 11.5 Å². The third kappa shape index (κ3) is 6.18. The van der Waals surface area contributed by atoms with Crippen LogP contribution in [0.2, 0.25) is 5.02 Å². The number of hydrogen-bond donors (Lipinski definition) is 1. The quantitative estimate of drug-likeness (QED) is 0.382. The lowest BCUT2D eigenvalue weighted by Crippen LogP contribution is -2.31. The van der Waals surface area contributed by atoms with Gasteiger partial charge in [0.05, 0.1) is 30.6 Å². The van der Waals surface area contributed by atoms with E-state index >= 15 is 0 Å². The van der Waals surface area contributed by atoms with E-state index in [0.29, 0.717) is 40.5 Å². The molecule has 1 aliphatic rings. The number of rotatable bonds is 11. The minimum Gasteiger partial charge on any atom is -0.495 e.